The Bertz CT molecular complexity index is 312. The molecule has 0 amide bonds. The molecule has 3 atom stereocenters. The molecule has 1 spiro atoms. The molecule has 2 rings (SSSR count). The van der Waals surface area contributed by atoms with E-state index in [2.05, 4.69) is 26.2 Å². The minimum absolute atomic E-state index is 0.122. The van der Waals surface area contributed by atoms with Crippen molar-refractivity contribution >= 4 is 0 Å². The van der Waals surface area contributed by atoms with Gasteiger partial charge in [-0.3, -0.25) is 11.3 Å². The number of nitrogens with two attached hydrogens (primary N) is 1. The molecular formula is C17H34N2O2. The Morgan fingerprint density at radius 3 is 2.62 bits per heavy atom. The van der Waals surface area contributed by atoms with Crippen LogP contribution in [-0.2, 0) is 9.47 Å². The standard InChI is InChI=1S/C17H34N2O2/c1-4-16(3,20-5-2)15(19-18)14-9-12-21-17(13-14)10-7-6-8-11-17/h14-15,19H,4-13,18H2,1-3H3. The largest absolute Gasteiger partial charge is 0.375 e. The van der Waals surface area contributed by atoms with Gasteiger partial charge in [0, 0.05) is 13.2 Å². The number of ether oxygens (including phenoxy) is 2. The molecule has 4 heteroatoms. The van der Waals surface area contributed by atoms with E-state index < -0.39 is 0 Å². The lowest BCUT2D eigenvalue weighted by molar-refractivity contribution is -0.142. The van der Waals surface area contributed by atoms with Crippen molar-refractivity contribution in [2.24, 2.45) is 11.8 Å². The minimum Gasteiger partial charge on any atom is -0.375 e. The van der Waals surface area contributed by atoms with Gasteiger partial charge in [0.15, 0.2) is 0 Å². The van der Waals surface area contributed by atoms with E-state index in [1.54, 1.807) is 0 Å². The van der Waals surface area contributed by atoms with Crippen LogP contribution in [0.25, 0.3) is 0 Å². The fourth-order valence-electron chi connectivity index (χ4n) is 4.45. The zero-order chi connectivity index (χ0) is 15.3. The van der Waals surface area contributed by atoms with Gasteiger partial charge < -0.3 is 9.47 Å². The maximum Gasteiger partial charge on any atom is 0.0820 e. The van der Waals surface area contributed by atoms with Crippen LogP contribution < -0.4 is 11.3 Å². The highest BCUT2D eigenvalue weighted by Crippen LogP contribution is 2.43. The maximum atomic E-state index is 6.23. The topological polar surface area (TPSA) is 56.5 Å². The SMILES string of the molecule is CCOC(C)(CC)C(NN)C1CCOC2(CCCCC2)C1. The number of hydrazine groups is 1. The first-order chi connectivity index (χ1) is 10.1. The number of hydrogen-bond donors (Lipinski definition) is 2. The van der Waals surface area contributed by atoms with Crippen LogP contribution in [-0.4, -0.2) is 30.5 Å². The summed E-state index contributed by atoms with van der Waals surface area (Å²) in [7, 11) is 0. The molecule has 3 unspecified atom stereocenters. The molecule has 2 aliphatic rings. The van der Waals surface area contributed by atoms with Crippen molar-refractivity contribution in [1.82, 2.24) is 5.43 Å². The van der Waals surface area contributed by atoms with E-state index in [1.807, 2.05) is 0 Å². The molecule has 4 nitrogen and oxygen atoms in total. The average Bonchev–Trinajstić information content (AvgIpc) is 2.49. The molecule has 1 aliphatic heterocycles. The predicted molar refractivity (Wildman–Crippen MR) is 85.9 cm³/mol. The summed E-state index contributed by atoms with van der Waals surface area (Å²) >= 11 is 0. The lowest BCUT2D eigenvalue weighted by Crippen LogP contribution is -2.59. The van der Waals surface area contributed by atoms with Crippen LogP contribution in [0.15, 0.2) is 0 Å². The van der Waals surface area contributed by atoms with Crippen molar-refractivity contribution in [2.45, 2.75) is 89.4 Å². The smallest absolute Gasteiger partial charge is 0.0820 e. The highest BCUT2D eigenvalue weighted by atomic mass is 16.5. The Labute approximate surface area is 130 Å². The van der Waals surface area contributed by atoms with Crippen LogP contribution in [0.2, 0.25) is 0 Å². The maximum absolute atomic E-state index is 6.23. The highest BCUT2D eigenvalue weighted by Gasteiger charge is 2.45. The second-order valence-electron chi connectivity index (χ2n) is 7.09. The molecule has 1 heterocycles. The molecule has 1 aliphatic carbocycles. The van der Waals surface area contributed by atoms with Crippen molar-refractivity contribution in [1.29, 1.82) is 0 Å². The third kappa shape index (κ3) is 3.79. The number of nitrogens with one attached hydrogen (secondary N) is 1. The van der Waals surface area contributed by atoms with Gasteiger partial charge in [0.25, 0.3) is 0 Å². The third-order valence-corrected chi connectivity index (χ3v) is 5.78. The molecule has 3 N–H and O–H groups in total. The molecule has 21 heavy (non-hydrogen) atoms. The summed E-state index contributed by atoms with van der Waals surface area (Å²) in [6.45, 7) is 8.06. The van der Waals surface area contributed by atoms with E-state index in [9.17, 15) is 0 Å². The van der Waals surface area contributed by atoms with Gasteiger partial charge in [0.2, 0.25) is 0 Å². The molecule has 2 fully saturated rings. The van der Waals surface area contributed by atoms with Crippen LogP contribution in [0.3, 0.4) is 0 Å². The van der Waals surface area contributed by atoms with E-state index in [-0.39, 0.29) is 17.2 Å². The Kier molecular flexibility index (Phi) is 6.06. The first kappa shape index (κ1) is 17.2. The second-order valence-corrected chi connectivity index (χ2v) is 7.09. The van der Waals surface area contributed by atoms with Crippen LogP contribution in [0.1, 0.15) is 72.1 Å². The van der Waals surface area contributed by atoms with Crippen LogP contribution >= 0.6 is 0 Å². The molecule has 1 saturated heterocycles. The van der Waals surface area contributed by atoms with Crippen molar-refractivity contribution in [3.8, 4) is 0 Å². The Hall–Kier alpha value is -0.160. The third-order valence-electron chi connectivity index (χ3n) is 5.78. The van der Waals surface area contributed by atoms with Gasteiger partial charge in [-0.25, -0.2) is 0 Å². The molecule has 0 aromatic rings. The zero-order valence-electron chi connectivity index (χ0n) is 14.1. The van der Waals surface area contributed by atoms with Crippen molar-refractivity contribution in [3.63, 3.8) is 0 Å². The molecule has 124 valence electrons. The molecule has 0 aromatic heterocycles. The van der Waals surface area contributed by atoms with E-state index in [1.165, 1.54) is 32.1 Å². The summed E-state index contributed by atoms with van der Waals surface area (Å²) in [4.78, 5) is 0. The Morgan fingerprint density at radius 1 is 1.33 bits per heavy atom. The highest BCUT2D eigenvalue weighted by molar-refractivity contribution is 4.98. The van der Waals surface area contributed by atoms with Gasteiger partial charge in [-0.1, -0.05) is 26.2 Å². The summed E-state index contributed by atoms with van der Waals surface area (Å²) in [5, 5.41) is 0. The second kappa shape index (κ2) is 7.40. The first-order valence-corrected chi connectivity index (χ1v) is 8.83. The summed E-state index contributed by atoms with van der Waals surface area (Å²) in [5.41, 5.74) is 3.02. The normalized spacial score (nSPS) is 30.0. The average molecular weight is 298 g/mol. The fourth-order valence-corrected chi connectivity index (χ4v) is 4.45. The monoisotopic (exact) mass is 298 g/mol. The first-order valence-electron chi connectivity index (χ1n) is 8.83. The fraction of sp³-hybridized carbons (Fsp3) is 1.00. The Balaban J connectivity index is 2.10. The summed E-state index contributed by atoms with van der Waals surface area (Å²) in [6, 6.07) is 0.199. The van der Waals surface area contributed by atoms with Gasteiger partial charge in [-0.15, -0.1) is 0 Å². The van der Waals surface area contributed by atoms with Crippen molar-refractivity contribution in [3.05, 3.63) is 0 Å². The van der Waals surface area contributed by atoms with Gasteiger partial charge in [-0.2, -0.15) is 0 Å². The van der Waals surface area contributed by atoms with E-state index in [4.69, 9.17) is 15.3 Å². The Morgan fingerprint density at radius 2 is 2.05 bits per heavy atom. The van der Waals surface area contributed by atoms with Crippen molar-refractivity contribution < 1.29 is 9.47 Å². The molecule has 0 radical (unpaired) electrons. The van der Waals surface area contributed by atoms with Gasteiger partial charge >= 0.3 is 0 Å². The summed E-state index contributed by atoms with van der Waals surface area (Å²) in [5.74, 6) is 6.48. The number of rotatable bonds is 6. The quantitative estimate of drug-likeness (QED) is 0.584. The van der Waals surface area contributed by atoms with E-state index in [0.29, 0.717) is 5.92 Å². The van der Waals surface area contributed by atoms with Gasteiger partial charge in [-0.05, 0) is 51.9 Å². The van der Waals surface area contributed by atoms with Crippen molar-refractivity contribution in [2.75, 3.05) is 13.2 Å². The van der Waals surface area contributed by atoms with Crippen LogP contribution in [0, 0.1) is 5.92 Å². The zero-order valence-corrected chi connectivity index (χ0v) is 14.1. The predicted octanol–water partition coefficient (Wildman–Crippen LogP) is 3.15. The minimum atomic E-state index is -0.193. The van der Waals surface area contributed by atoms with Gasteiger partial charge in [0.05, 0.1) is 17.2 Å². The number of hydrogen-bond acceptors (Lipinski definition) is 4. The lowest BCUT2D eigenvalue weighted by atomic mass is 9.71. The molecule has 0 aromatic carbocycles. The molecule has 0 bridgehead atoms. The van der Waals surface area contributed by atoms with Gasteiger partial charge in [0.1, 0.15) is 0 Å². The van der Waals surface area contributed by atoms with Crippen LogP contribution in [0.5, 0.6) is 0 Å². The van der Waals surface area contributed by atoms with Crippen LogP contribution in [0.4, 0.5) is 0 Å². The summed E-state index contributed by atoms with van der Waals surface area (Å²) in [6.07, 6.45) is 9.61. The molecule has 1 saturated carbocycles. The lowest BCUT2D eigenvalue weighted by Gasteiger charge is -2.49. The molecular weight excluding hydrogens is 264 g/mol. The van der Waals surface area contributed by atoms with E-state index >= 15 is 0 Å². The summed E-state index contributed by atoms with van der Waals surface area (Å²) < 4.78 is 12.3. The van der Waals surface area contributed by atoms with E-state index in [0.717, 1.165) is 32.5 Å².